The maximum absolute atomic E-state index is 12.6. The van der Waals surface area contributed by atoms with Crippen molar-refractivity contribution >= 4 is 51.5 Å². The van der Waals surface area contributed by atoms with Crippen LogP contribution in [-0.4, -0.2) is 37.5 Å². The second-order valence-corrected chi connectivity index (χ2v) is 8.28. The summed E-state index contributed by atoms with van der Waals surface area (Å²) in [5, 5.41) is 2.83. The number of ether oxygens (including phenoxy) is 3. The fourth-order valence-corrected chi connectivity index (χ4v) is 3.87. The molecule has 35 heavy (non-hydrogen) atoms. The summed E-state index contributed by atoms with van der Waals surface area (Å²) >= 11 is 6.62. The van der Waals surface area contributed by atoms with Gasteiger partial charge in [-0.15, -0.1) is 0 Å². The molecule has 0 radical (unpaired) electrons. The number of anilines is 1. The highest BCUT2D eigenvalue weighted by Gasteiger charge is 2.18. The van der Waals surface area contributed by atoms with E-state index in [4.69, 9.17) is 30.2 Å². The van der Waals surface area contributed by atoms with Gasteiger partial charge >= 0.3 is 6.03 Å². The number of benzene rings is 3. The summed E-state index contributed by atoms with van der Waals surface area (Å²) in [5.74, 6) is 1.47. The van der Waals surface area contributed by atoms with Crippen LogP contribution < -0.4 is 24.2 Å². The number of halogens is 1. The summed E-state index contributed by atoms with van der Waals surface area (Å²) in [7, 11) is 4.38. The Hall–Kier alpha value is -3.89. The quantitative estimate of drug-likeness (QED) is 0.312. The number of hydrogen-bond donors (Lipinski definition) is 2. The van der Waals surface area contributed by atoms with Crippen molar-refractivity contribution in [2.45, 2.75) is 0 Å². The van der Waals surface area contributed by atoms with Crippen LogP contribution in [0.1, 0.15) is 10.4 Å². The van der Waals surface area contributed by atoms with Gasteiger partial charge in [0.25, 0.3) is 0 Å². The fourth-order valence-electron chi connectivity index (χ4n) is 3.23. The molecule has 1 heterocycles. The number of oxazole rings is 1. The van der Waals surface area contributed by atoms with Crippen molar-refractivity contribution < 1.29 is 28.2 Å². The zero-order chi connectivity index (χ0) is 24.9. The molecule has 0 saturated carbocycles. The van der Waals surface area contributed by atoms with Crippen molar-refractivity contribution in [3.63, 3.8) is 0 Å². The third kappa shape index (κ3) is 5.44. The second-order valence-electron chi connectivity index (χ2n) is 7.07. The number of methoxy groups -OCH3 is 3. The molecule has 2 N–H and O–H groups in total. The molecule has 0 saturated heterocycles. The van der Waals surface area contributed by atoms with E-state index in [9.17, 15) is 9.59 Å². The van der Waals surface area contributed by atoms with E-state index in [1.165, 1.54) is 33.5 Å². The minimum atomic E-state index is -0.569. The minimum absolute atomic E-state index is 0.272. The fraction of sp³-hybridized carbons (Fsp3) is 0.125. The third-order valence-corrected chi connectivity index (χ3v) is 5.82. The van der Waals surface area contributed by atoms with Crippen molar-refractivity contribution in [1.82, 2.24) is 9.71 Å². The number of rotatable bonds is 6. The highest BCUT2D eigenvalue weighted by Crippen LogP contribution is 2.38. The SMILES string of the molecule is COc1cc(C(=O)SNC(=O)Nc2ccc(-c3nc4cc(Cl)ccc4o3)cc2)cc(OC)c1OC. The molecule has 4 aromatic rings. The summed E-state index contributed by atoms with van der Waals surface area (Å²) in [6.07, 6.45) is 0. The van der Waals surface area contributed by atoms with Gasteiger partial charge in [-0.25, -0.2) is 9.78 Å². The highest BCUT2D eigenvalue weighted by molar-refractivity contribution is 8.12. The van der Waals surface area contributed by atoms with Gasteiger partial charge in [0.05, 0.1) is 21.3 Å². The molecule has 9 nitrogen and oxygen atoms in total. The average molecular weight is 514 g/mol. The van der Waals surface area contributed by atoms with Crippen LogP contribution in [0.3, 0.4) is 0 Å². The molecule has 0 unspecified atom stereocenters. The monoisotopic (exact) mass is 513 g/mol. The van der Waals surface area contributed by atoms with Gasteiger partial charge in [0.1, 0.15) is 5.52 Å². The summed E-state index contributed by atoms with van der Waals surface area (Å²) in [6, 6.07) is 14.6. The van der Waals surface area contributed by atoms with Crippen LogP contribution in [0.4, 0.5) is 10.5 Å². The van der Waals surface area contributed by atoms with Crippen molar-refractivity contribution in [2.75, 3.05) is 26.6 Å². The second kappa shape index (κ2) is 10.6. The van der Waals surface area contributed by atoms with Crippen LogP contribution in [-0.2, 0) is 0 Å². The first-order valence-electron chi connectivity index (χ1n) is 10.2. The Bertz CT molecular complexity index is 1370. The zero-order valence-electron chi connectivity index (χ0n) is 18.9. The van der Waals surface area contributed by atoms with Crippen LogP contribution >= 0.6 is 23.5 Å². The van der Waals surface area contributed by atoms with Gasteiger partial charge in [-0.2, -0.15) is 0 Å². The number of urea groups is 1. The van der Waals surface area contributed by atoms with Gasteiger partial charge in [-0.1, -0.05) is 11.6 Å². The summed E-state index contributed by atoms with van der Waals surface area (Å²) in [6.45, 7) is 0. The number of carbonyl (C=O) groups excluding carboxylic acids is 2. The maximum atomic E-state index is 12.6. The number of fused-ring (bicyclic) bond motifs is 1. The minimum Gasteiger partial charge on any atom is -0.493 e. The molecule has 11 heteroatoms. The van der Waals surface area contributed by atoms with E-state index < -0.39 is 11.1 Å². The van der Waals surface area contributed by atoms with Crippen LogP contribution in [0.2, 0.25) is 5.02 Å². The Morgan fingerprint density at radius 3 is 2.26 bits per heavy atom. The van der Waals surface area contributed by atoms with Crippen LogP contribution in [0.25, 0.3) is 22.6 Å². The topological polar surface area (TPSA) is 112 Å². The number of hydrogen-bond acceptors (Lipinski definition) is 8. The largest absolute Gasteiger partial charge is 0.493 e. The van der Waals surface area contributed by atoms with Crippen molar-refractivity contribution in [3.8, 4) is 28.7 Å². The van der Waals surface area contributed by atoms with E-state index in [1.807, 2.05) is 0 Å². The lowest BCUT2D eigenvalue weighted by Crippen LogP contribution is -2.24. The smallest absolute Gasteiger partial charge is 0.329 e. The molecular formula is C24H20ClN3O6S. The third-order valence-electron chi connectivity index (χ3n) is 4.88. The lowest BCUT2D eigenvalue weighted by Gasteiger charge is -2.13. The number of carbonyl (C=O) groups is 2. The van der Waals surface area contributed by atoms with Gasteiger partial charge < -0.3 is 23.9 Å². The lowest BCUT2D eigenvalue weighted by atomic mass is 10.2. The average Bonchev–Trinajstić information content (AvgIpc) is 3.29. The Labute approximate surface area is 209 Å². The normalized spacial score (nSPS) is 10.6. The van der Waals surface area contributed by atoms with E-state index in [-0.39, 0.29) is 5.56 Å². The first-order valence-corrected chi connectivity index (χ1v) is 11.4. The number of nitrogens with one attached hydrogen (secondary N) is 2. The standard InChI is InChI=1S/C24H20ClN3O6S/c1-31-19-10-14(11-20(32-2)21(19)33-3)23(29)35-28-24(30)26-16-7-4-13(5-8-16)22-27-17-12-15(25)6-9-18(17)34-22/h4-12H,1-3H3,(H2,26,28,30). The van der Waals surface area contributed by atoms with E-state index in [0.29, 0.717) is 56.9 Å². The van der Waals surface area contributed by atoms with E-state index in [0.717, 1.165) is 5.56 Å². The Morgan fingerprint density at radius 2 is 1.63 bits per heavy atom. The zero-order valence-corrected chi connectivity index (χ0v) is 20.5. The molecule has 0 atom stereocenters. The Balaban J connectivity index is 1.37. The molecule has 0 aliphatic heterocycles. The molecule has 2 amide bonds. The molecule has 0 fully saturated rings. The highest BCUT2D eigenvalue weighted by atomic mass is 35.5. The predicted molar refractivity (Wildman–Crippen MR) is 135 cm³/mol. The molecule has 1 aromatic heterocycles. The van der Waals surface area contributed by atoms with Gasteiger partial charge in [-0.3, -0.25) is 9.52 Å². The molecule has 3 aromatic carbocycles. The van der Waals surface area contributed by atoms with Gasteiger partial charge in [0.2, 0.25) is 16.8 Å². The van der Waals surface area contributed by atoms with Gasteiger partial charge in [0.15, 0.2) is 17.1 Å². The van der Waals surface area contributed by atoms with Crippen molar-refractivity contribution in [1.29, 1.82) is 0 Å². The van der Waals surface area contributed by atoms with Crippen LogP contribution in [0, 0.1) is 0 Å². The van der Waals surface area contributed by atoms with E-state index >= 15 is 0 Å². The molecule has 180 valence electrons. The Kier molecular flexibility index (Phi) is 7.33. The first kappa shape index (κ1) is 24.2. The molecule has 0 spiro atoms. The molecular weight excluding hydrogens is 494 g/mol. The van der Waals surface area contributed by atoms with Gasteiger partial charge in [-0.05, 0) is 54.6 Å². The molecule has 4 rings (SSSR count). The van der Waals surface area contributed by atoms with Crippen molar-refractivity contribution in [2.24, 2.45) is 0 Å². The van der Waals surface area contributed by atoms with E-state index in [2.05, 4.69) is 15.0 Å². The van der Waals surface area contributed by atoms with Crippen molar-refractivity contribution in [3.05, 3.63) is 65.2 Å². The molecule has 0 bridgehead atoms. The predicted octanol–water partition coefficient (Wildman–Crippen LogP) is 5.78. The summed E-state index contributed by atoms with van der Waals surface area (Å²) in [4.78, 5) is 29.3. The van der Waals surface area contributed by atoms with Crippen LogP contribution in [0.5, 0.6) is 17.2 Å². The number of aromatic nitrogens is 1. The summed E-state index contributed by atoms with van der Waals surface area (Å²) < 4.78 is 24.0. The lowest BCUT2D eigenvalue weighted by molar-refractivity contribution is 0.108. The molecule has 0 aliphatic rings. The van der Waals surface area contributed by atoms with Crippen LogP contribution in [0.15, 0.2) is 59.0 Å². The maximum Gasteiger partial charge on any atom is 0.329 e. The van der Waals surface area contributed by atoms with E-state index in [1.54, 1.807) is 42.5 Å². The summed E-state index contributed by atoms with van der Waals surface area (Å²) in [5.41, 5.74) is 2.80. The number of nitrogens with zero attached hydrogens (tertiary/aromatic N) is 1. The first-order chi connectivity index (χ1) is 16.9. The van der Waals surface area contributed by atoms with Gasteiger partial charge in [0, 0.05) is 33.8 Å². The Morgan fingerprint density at radius 1 is 0.943 bits per heavy atom. The molecule has 0 aliphatic carbocycles. The number of amides is 2.